The molecule has 0 aliphatic rings. The average molecular weight is 244 g/mol. The largest absolute Gasteiger partial charge is 0.466 e. The lowest BCUT2D eigenvalue weighted by Crippen LogP contribution is -2.18. The topological polar surface area (TPSA) is 52.6 Å². The maximum Gasteiger partial charge on any atom is 0.306 e. The Morgan fingerprint density at radius 3 is 2.00 bits per heavy atom. The summed E-state index contributed by atoms with van der Waals surface area (Å²) in [4.78, 5) is 22.6. The van der Waals surface area contributed by atoms with Gasteiger partial charge in [0.2, 0.25) is 0 Å². The number of hydrogen-bond donors (Lipinski definition) is 0. The fourth-order valence-corrected chi connectivity index (χ4v) is 1.64. The number of carbonyl (C=O) groups excluding carboxylic acids is 2. The molecule has 4 heteroatoms. The van der Waals surface area contributed by atoms with Crippen LogP contribution >= 0.6 is 0 Å². The summed E-state index contributed by atoms with van der Waals surface area (Å²) in [6, 6.07) is 0. The van der Waals surface area contributed by atoms with Crippen LogP contribution in [-0.2, 0) is 19.1 Å². The molecule has 0 bridgehead atoms. The van der Waals surface area contributed by atoms with E-state index >= 15 is 0 Å². The molecule has 17 heavy (non-hydrogen) atoms. The van der Waals surface area contributed by atoms with Crippen molar-refractivity contribution in [2.45, 2.75) is 47.0 Å². The van der Waals surface area contributed by atoms with Gasteiger partial charge in [0, 0.05) is 12.8 Å². The smallest absolute Gasteiger partial charge is 0.306 e. The van der Waals surface area contributed by atoms with Crippen LogP contribution in [-0.4, -0.2) is 25.2 Å². The molecule has 0 amide bonds. The van der Waals surface area contributed by atoms with Gasteiger partial charge in [-0.2, -0.15) is 0 Å². The van der Waals surface area contributed by atoms with E-state index in [1.165, 1.54) is 0 Å². The predicted molar refractivity (Wildman–Crippen MR) is 65.4 cm³/mol. The summed E-state index contributed by atoms with van der Waals surface area (Å²) in [6.07, 6.45) is 1.43. The SMILES string of the molecule is CCOC(=O)CC[C@@H](CC(=O)OCC)C(C)C. The minimum atomic E-state index is -0.193. The zero-order chi connectivity index (χ0) is 13.3. The van der Waals surface area contributed by atoms with Crippen molar-refractivity contribution in [3.63, 3.8) is 0 Å². The minimum absolute atomic E-state index is 0.179. The first-order chi connectivity index (χ1) is 8.01. The van der Waals surface area contributed by atoms with Gasteiger partial charge in [-0.05, 0) is 32.1 Å². The number of hydrogen-bond acceptors (Lipinski definition) is 4. The molecule has 0 rings (SSSR count). The highest BCUT2D eigenvalue weighted by Gasteiger charge is 2.19. The Morgan fingerprint density at radius 1 is 1.00 bits per heavy atom. The van der Waals surface area contributed by atoms with Crippen molar-refractivity contribution in [3.8, 4) is 0 Å². The Kier molecular flexibility index (Phi) is 8.46. The van der Waals surface area contributed by atoms with Gasteiger partial charge in [0.15, 0.2) is 0 Å². The molecule has 0 aliphatic heterocycles. The van der Waals surface area contributed by atoms with Gasteiger partial charge in [-0.3, -0.25) is 9.59 Å². The van der Waals surface area contributed by atoms with Crippen LogP contribution in [0, 0.1) is 11.8 Å². The predicted octanol–water partition coefficient (Wildman–Crippen LogP) is 2.56. The lowest BCUT2D eigenvalue weighted by molar-refractivity contribution is -0.147. The van der Waals surface area contributed by atoms with Crippen molar-refractivity contribution in [2.24, 2.45) is 11.8 Å². The molecule has 0 aliphatic carbocycles. The lowest BCUT2D eigenvalue weighted by atomic mass is 9.88. The highest BCUT2D eigenvalue weighted by atomic mass is 16.5. The first-order valence-electron chi connectivity index (χ1n) is 6.32. The number of esters is 2. The summed E-state index contributed by atoms with van der Waals surface area (Å²) < 4.78 is 9.79. The number of ether oxygens (including phenoxy) is 2. The van der Waals surface area contributed by atoms with Gasteiger partial charge < -0.3 is 9.47 Å². The Morgan fingerprint density at radius 2 is 1.53 bits per heavy atom. The van der Waals surface area contributed by atoms with Crippen LogP contribution in [0.1, 0.15) is 47.0 Å². The van der Waals surface area contributed by atoms with Crippen LogP contribution < -0.4 is 0 Å². The summed E-state index contributed by atoms with van der Waals surface area (Å²) in [5.74, 6) is 0.157. The zero-order valence-electron chi connectivity index (χ0n) is 11.3. The van der Waals surface area contributed by atoms with Gasteiger partial charge in [0.1, 0.15) is 0 Å². The lowest BCUT2D eigenvalue weighted by Gasteiger charge is -2.19. The van der Waals surface area contributed by atoms with E-state index in [1.54, 1.807) is 13.8 Å². The molecule has 0 fully saturated rings. The molecule has 0 unspecified atom stereocenters. The van der Waals surface area contributed by atoms with E-state index in [-0.39, 0.29) is 17.9 Å². The van der Waals surface area contributed by atoms with Crippen molar-refractivity contribution < 1.29 is 19.1 Å². The molecule has 100 valence electrons. The fraction of sp³-hybridized carbons (Fsp3) is 0.846. The number of carbonyl (C=O) groups is 2. The molecular formula is C13H24O4. The molecule has 0 heterocycles. The molecule has 0 aromatic carbocycles. The normalized spacial score (nSPS) is 12.3. The first-order valence-corrected chi connectivity index (χ1v) is 6.32. The van der Waals surface area contributed by atoms with E-state index in [1.807, 2.05) is 0 Å². The first kappa shape index (κ1) is 15.9. The molecule has 0 saturated heterocycles. The highest BCUT2D eigenvalue weighted by molar-refractivity contribution is 5.71. The maximum absolute atomic E-state index is 11.4. The Labute approximate surface area is 104 Å². The van der Waals surface area contributed by atoms with Crippen LogP contribution in [0.25, 0.3) is 0 Å². The van der Waals surface area contributed by atoms with Gasteiger partial charge in [-0.1, -0.05) is 13.8 Å². The molecule has 0 spiro atoms. The molecule has 0 aromatic heterocycles. The average Bonchev–Trinajstić information content (AvgIpc) is 2.24. The summed E-state index contributed by atoms with van der Waals surface area (Å²) in [5, 5.41) is 0. The Balaban J connectivity index is 4.07. The second-order valence-corrected chi connectivity index (χ2v) is 4.36. The second kappa shape index (κ2) is 9.02. The van der Waals surface area contributed by atoms with E-state index < -0.39 is 0 Å². The summed E-state index contributed by atoms with van der Waals surface area (Å²) in [5.41, 5.74) is 0. The quantitative estimate of drug-likeness (QED) is 0.616. The van der Waals surface area contributed by atoms with E-state index in [0.717, 1.165) is 0 Å². The summed E-state index contributed by atoms with van der Waals surface area (Å²) in [7, 11) is 0. The van der Waals surface area contributed by atoms with Crippen LogP contribution in [0.4, 0.5) is 0 Å². The third kappa shape index (κ3) is 7.77. The molecule has 0 radical (unpaired) electrons. The minimum Gasteiger partial charge on any atom is -0.466 e. The molecular weight excluding hydrogens is 220 g/mol. The van der Waals surface area contributed by atoms with Gasteiger partial charge >= 0.3 is 11.9 Å². The monoisotopic (exact) mass is 244 g/mol. The van der Waals surface area contributed by atoms with Crippen molar-refractivity contribution >= 4 is 11.9 Å². The third-order valence-electron chi connectivity index (χ3n) is 2.70. The summed E-state index contributed by atoms with van der Waals surface area (Å²) >= 11 is 0. The van der Waals surface area contributed by atoms with Gasteiger partial charge in [-0.15, -0.1) is 0 Å². The van der Waals surface area contributed by atoms with Crippen molar-refractivity contribution in [3.05, 3.63) is 0 Å². The Hall–Kier alpha value is -1.06. The molecule has 0 aromatic rings. The third-order valence-corrected chi connectivity index (χ3v) is 2.70. The highest BCUT2D eigenvalue weighted by Crippen LogP contribution is 2.21. The summed E-state index contributed by atoms with van der Waals surface area (Å²) in [6.45, 7) is 8.49. The van der Waals surface area contributed by atoms with Crippen LogP contribution in [0.15, 0.2) is 0 Å². The van der Waals surface area contributed by atoms with E-state index in [0.29, 0.717) is 38.4 Å². The molecule has 0 saturated carbocycles. The molecule has 4 nitrogen and oxygen atoms in total. The Bertz CT molecular complexity index is 236. The fourth-order valence-electron chi connectivity index (χ4n) is 1.64. The van der Waals surface area contributed by atoms with Crippen LogP contribution in [0.5, 0.6) is 0 Å². The van der Waals surface area contributed by atoms with E-state index in [2.05, 4.69) is 13.8 Å². The van der Waals surface area contributed by atoms with Gasteiger partial charge in [0.05, 0.1) is 13.2 Å². The van der Waals surface area contributed by atoms with E-state index in [4.69, 9.17) is 9.47 Å². The van der Waals surface area contributed by atoms with E-state index in [9.17, 15) is 9.59 Å². The maximum atomic E-state index is 11.4. The molecule has 1 atom stereocenters. The zero-order valence-corrected chi connectivity index (χ0v) is 11.3. The van der Waals surface area contributed by atoms with Crippen LogP contribution in [0.3, 0.4) is 0 Å². The molecule has 0 N–H and O–H groups in total. The standard InChI is InChI=1S/C13H24O4/c1-5-16-12(14)8-7-11(10(3)4)9-13(15)17-6-2/h10-11H,5-9H2,1-4H3/t11-/m0/s1. The van der Waals surface area contributed by atoms with Gasteiger partial charge in [0.25, 0.3) is 0 Å². The van der Waals surface area contributed by atoms with Crippen molar-refractivity contribution in [2.75, 3.05) is 13.2 Å². The van der Waals surface area contributed by atoms with Crippen LogP contribution in [0.2, 0.25) is 0 Å². The second-order valence-electron chi connectivity index (χ2n) is 4.36. The van der Waals surface area contributed by atoms with Crippen molar-refractivity contribution in [1.29, 1.82) is 0 Å². The van der Waals surface area contributed by atoms with Crippen molar-refractivity contribution in [1.82, 2.24) is 0 Å². The number of rotatable bonds is 8. The van der Waals surface area contributed by atoms with Gasteiger partial charge in [-0.25, -0.2) is 0 Å².